The molecule has 3 heteroatoms. The zero-order valence-electron chi connectivity index (χ0n) is 7.29. The van der Waals surface area contributed by atoms with Crippen molar-refractivity contribution in [2.45, 2.75) is 13.3 Å². The van der Waals surface area contributed by atoms with Crippen molar-refractivity contribution >= 4 is 5.91 Å². The molecule has 3 nitrogen and oxygen atoms in total. The van der Waals surface area contributed by atoms with E-state index in [0.717, 1.165) is 11.1 Å². The minimum atomic E-state index is 0.0161. The zero-order valence-corrected chi connectivity index (χ0v) is 7.29. The molecule has 0 unspecified atom stereocenters. The lowest BCUT2D eigenvalue weighted by Gasteiger charge is -1.99. The van der Waals surface area contributed by atoms with E-state index in [1.165, 1.54) is 0 Å². The van der Waals surface area contributed by atoms with E-state index >= 15 is 0 Å². The van der Waals surface area contributed by atoms with Gasteiger partial charge in [-0.05, 0) is 18.1 Å². The first-order valence-electron chi connectivity index (χ1n) is 3.83. The molecule has 0 aliphatic rings. The van der Waals surface area contributed by atoms with Crippen LogP contribution < -0.4 is 5.32 Å². The van der Waals surface area contributed by atoms with Crippen molar-refractivity contribution in [1.29, 1.82) is 0 Å². The summed E-state index contributed by atoms with van der Waals surface area (Å²) in [5, 5.41) is 2.57. The number of aromatic nitrogens is 1. The molecule has 0 saturated carbocycles. The van der Waals surface area contributed by atoms with E-state index in [-0.39, 0.29) is 5.91 Å². The lowest BCUT2D eigenvalue weighted by atomic mass is 10.1. The average molecular weight is 164 g/mol. The highest BCUT2D eigenvalue weighted by molar-refractivity contribution is 5.78. The third kappa shape index (κ3) is 2.34. The van der Waals surface area contributed by atoms with Crippen LogP contribution in [0, 0.1) is 6.92 Å². The highest BCUT2D eigenvalue weighted by Crippen LogP contribution is 2.01. The first-order chi connectivity index (χ1) is 5.72. The summed E-state index contributed by atoms with van der Waals surface area (Å²) in [5.74, 6) is 0.0161. The van der Waals surface area contributed by atoms with E-state index in [1.54, 1.807) is 19.4 Å². The summed E-state index contributed by atoms with van der Waals surface area (Å²) in [6, 6.07) is 1.96. The van der Waals surface area contributed by atoms with Crippen LogP contribution in [0.1, 0.15) is 11.1 Å². The van der Waals surface area contributed by atoms with Gasteiger partial charge in [-0.2, -0.15) is 0 Å². The highest BCUT2D eigenvalue weighted by atomic mass is 16.1. The molecule has 1 N–H and O–H groups in total. The number of pyridine rings is 1. The molecule has 12 heavy (non-hydrogen) atoms. The Morgan fingerprint density at radius 2 is 2.33 bits per heavy atom. The predicted molar refractivity (Wildman–Crippen MR) is 46.7 cm³/mol. The summed E-state index contributed by atoms with van der Waals surface area (Å²) in [6.07, 6.45) is 3.89. The van der Waals surface area contributed by atoms with Gasteiger partial charge in [-0.1, -0.05) is 6.07 Å². The summed E-state index contributed by atoms with van der Waals surface area (Å²) < 4.78 is 0. The number of amides is 1. The lowest BCUT2D eigenvalue weighted by molar-refractivity contribution is -0.119. The predicted octanol–water partition coefficient (Wildman–Crippen LogP) is 0.679. The van der Waals surface area contributed by atoms with E-state index in [9.17, 15) is 4.79 Å². The molecule has 1 rings (SSSR count). The van der Waals surface area contributed by atoms with E-state index in [0.29, 0.717) is 6.42 Å². The fourth-order valence-electron chi connectivity index (χ4n) is 0.988. The number of aryl methyl sites for hydroxylation is 1. The van der Waals surface area contributed by atoms with Gasteiger partial charge < -0.3 is 5.32 Å². The van der Waals surface area contributed by atoms with E-state index in [2.05, 4.69) is 10.3 Å². The molecule has 0 saturated heterocycles. The van der Waals surface area contributed by atoms with Crippen LogP contribution in [-0.2, 0) is 11.2 Å². The van der Waals surface area contributed by atoms with Gasteiger partial charge in [0, 0.05) is 19.4 Å². The summed E-state index contributed by atoms with van der Waals surface area (Å²) >= 11 is 0. The Morgan fingerprint density at radius 1 is 1.58 bits per heavy atom. The van der Waals surface area contributed by atoms with E-state index in [4.69, 9.17) is 0 Å². The van der Waals surface area contributed by atoms with Gasteiger partial charge in [-0.25, -0.2) is 0 Å². The van der Waals surface area contributed by atoms with E-state index in [1.807, 2.05) is 13.0 Å². The van der Waals surface area contributed by atoms with Crippen molar-refractivity contribution in [2.75, 3.05) is 7.05 Å². The summed E-state index contributed by atoms with van der Waals surface area (Å²) in [4.78, 5) is 14.9. The molecule has 0 aliphatic carbocycles. The molecule has 64 valence electrons. The Balaban J connectivity index is 2.69. The minimum Gasteiger partial charge on any atom is -0.359 e. The van der Waals surface area contributed by atoms with Gasteiger partial charge in [0.2, 0.25) is 5.91 Å². The van der Waals surface area contributed by atoms with Crippen molar-refractivity contribution < 1.29 is 4.79 Å². The maximum atomic E-state index is 11.0. The Bertz CT molecular complexity index is 284. The molecule has 1 aromatic heterocycles. The van der Waals surface area contributed by atoms with Crippen molar-refractivity contribution in [3.63, 3.8) is 0 Å². The molecule has 0 fully saturated rings. The standard InChI is InChI=1S/C9H12N2O/c1-7-3-8(6-11-5-7)4-9(12)10-2/h3,5-6H,4H2,1-2H3,(H,10,12). The number of nitrogens with zero attached hydrogens (tertiary/aromatic N) is 1. The molecule has 1 amide bonds. The van der Waals surface area contributed by atoms with Crippen molar-refractivity contribution in [2.24, 2.45) is 0 Å². The van der Waals surface area contributed by atoms with Crippen molar-refractivity contribution in [3.8, 4) is 0 Å². The SMILES string of the molecule is CNC(=O)Cc1cncc(C)c1. The fourth-order valence-corrected chi connectivity index (χ4v) is 0.988. The van der Waals surface area contributed by atoms with Crippen LogP contribution >= 0.6 is 0 Å². The summed E-state index contributed by atoms with van der Waals surface area (Å²) in [6.45, 7) is 1.96. The molecule has 0 radical (unpaired) electrons. The molecule has 0 aliphatic heterocycles. The normalized spacial score (nSPS) is 9.50. The maximum Gasteiger partial charge on any atom is 0.224 e. The number of nitrogens with one attached hydrogen (secondary N) is 1. The van der Waals surface area contributed by atoms with Crippen LogP contribution in [0.15, 0.2) is 18.5 Å². The average Bonchev–Trinajstić information content (AvgIpc) is 2.04. The van der Waals surface area contributed by atoms with E-state index < -0.39 is 0 Å². The van der Waals surface area contributed by atoms with Gasteiger partial charge in [0.15, 0.2) is 0 Å². The maximum absolute atomic E-state index is 11.0. The second-order valence-corrected chi connectivity index (χ2v) is 2.72. The monoisotopic (exact) mass is 164 g/mol. The van der Waals surface area contributed by atoms with Gasteiger partial charge in [-0.3, -0.25) is 9.78 Å². The van der Waals surface area contributed by atoms with Crippen LogP contribution in [0.3, 0.4) is 0 Å². The van der Waals surface area contributed by atoms with Crippen LogP contribution in [0.4, 0.5) is 0 Å². The molecular weight excluding hydrogens is 152 g/mol. The summed E-state index contributed by atoms with van der Waals surface area (Å²) in [7, 11) is 1.63. The lowest BCUT2D eigenvalue weighted by Crippen LogP contribution is -2.19. The quantitative estimate of drug-likeness (QED) is 0.698. The van der Waals surface area contributed by atoms with Crippen LogP contribution in [0.25, 0.3) is 0 Å². The zero-order chi connectivity index (χ0) is 8.97. The second kappa shape index (κ2) is 3.85. The number of carbonyl (C=O) groups is 1. The highest BCUT2D eigenvalue weighted by Gasteiger charge is 2.00. The first kappa shape index (κ1) is 8.71. The number of hydrogen-bond acceptors (Lipinski definition) is 2. The molecule has 0 aromatic carbocycles. The van der Waals surface area contributed by atoms with Crippen molar-refractivity contribution in [3.05, 3.63) is 29.6 Å². The summed E-state index contributed by atoms with van der Waals surface area (Å²) in [5.41, 5.74) is 2.03. The van der Waals surface area contributed by atoms with Crippen LogP contribution in [0.5, 0.6) is 0 Å². The van der Waals surface area contributed by atoms with Gasteiger partial charge >= 0.3 is 0 Å². The Kier molecular flexibility index (Phi) is 2.80. The van der Waals surface area contributed by atoms with Crippen molar-refractivity contribution in [1.82, 2.24) is 10.3 Å². The van der Waals surface area contributed by atoms with Gasteiger partial charge in [0.25, 0.3) is 0 Å². The van der Waals surface area contributed by atoms with Crippen LogP contribution in [-0.4, -0.2) is 17.9 Å². The third-order valence-electron chi connectivity index (χ3n) is 1.58. The number of likely N-dealkylation sites (N-methyl/N-ethyl adjacent to an activating group) is 1. The number of rotatable bonds is 2. The molecular formula is C9H12N2O. The molecule has 0 bridgehead atoms. The van der Waals surface area contributed by atoms with Gasteiger partial charge in [0.05, 0.1) is 6.42 Å². The minimum absolute atomic E-state index is 0.0161. The molecule has 1 aromatic rings. The molecule has 0 atom stereocenters. The largest absolute Gasteiger partial charge is 0.359 e. The number of carbonyl (C=O) groups excluding carboxylic acids is 1. The van der Waals surface area contributed by atoms with Crippen LogP contribution in [0.2, 0.25) is 0 Å². The van der Waals surface area contributed by atoms with Gasteiger partial charge in [0.1, 0.15) is 0 Å². The first-order valence-corrected chi connectivity index (χ1v) is 3.83. The Hall–Kier alpha value is -1.38. The molecule has 0 spiro atoms. The van der Waals surface area contributed by atoms with Gasteiger partial charge in [-0.15, -0.1) is 0 Å². The Labute approximate surface area is 71.8 Å². The number of hydrogen-bond donors (Lipinski definition) is 1. The topological polar surface area (TPSA) is 42.0 Å². The fraction of sp³-hybridized carbons (Fsp3) is 0.333. The third-order valence-corrected chi connectivity index (χ3v) is 1.58. The molecule has 1 heterocycles. The second-order valence-electron chi connectivity index (χ2n) is 2.72. The Morgan fingerprint density at radius 3 is 2.92 bits per heavy atom. The smallest absolute Gasteiger partial charge is 0.224 e.